The summed E-state index contributed by atoms with van der Waals surface area (Å²) in [4.78, 5) is 16.5. The molecule has 0 radical (unpaired) electrons. The van der Waals surface area contributed by atoms with E-state index in [9.17, 15) is 21.6 Å². The molecule has 0 aromatic carbocycles. The molecule has 1 aromatic rings. The number of hydrogen-bond acceptors (Lipinski definition) is 6. The quantitative estimate of drug-likeness (QED) is 0.763. The van der Waals surface area contributed by atoms with Crippen molar-refractivity contribution in [3.63, 3.8) is 0 Å². The average Bonchev–Trinajstić information content (AvgIpc) is 2.89. The zero-order valence-corrected chi connectivity index (χ0v) is 16.4. The molecule has 1 amide bonds. The molecule has 25 heavy (non-hydrogen) atoms. The van der Waals surface area contributed by atoms with Gasteiger partial charge in [0.1, 0.15) is 11.9 Å². The second-order valence-electron chi connectivity index (χ2n) is 6.56. The van der Waals surface area contributed by atoms with Crippen LogP contribution in [0, 0.1) is 0 Å². The maximum absolute atomic E-state index is 12.5. The second-order valence-corrected chi connectivity index (χ2v) is 10.1. The van der Waals surface area contributed by atoms with Gasteiger partial charge in [-0.05, 0) is 12.8 Å². The Morgan fingerprint density at radius 1 is 1.28 bits per heavy atom. The number of amides is 1. The lowest BCUT2D eigenvalue weighted by Gasteiger charge is -2.32. The molecule has 11 heteroatoms. The third kappa shape index (κ3) is 4.39. The van der Waals surface area contributed by atoms with Crippen molar-refractivity contribution in [2.45, 2.75) is 50.1 Å². The Morgan fingerprint density at radius 3 is 2.44 bits per heavy atom. The van der Waals surface area contributed by atoms with Crippen LogP contribution in [0.3, 0.4) is 0 Å². The fourth-order valence-corrected chi connectivity index (χ4v) is 5.08. The SMILES string of the molecule is CC(C)c1nc(S(=O)(=O)NC(=O)C2CCCCN2S(C)(=O)=O)cn1C. The summed E-state index contributed by atoms with van der Waals surface area (Å²) in [5.74, 6) is -0.256. The molecule has 0 saturated carbocycles. The molecule has 1 aliphatic heterocycles. The van der Waals surface area contributed by atoms with Gasteiger partial charge in [0.15, 0.2) is 5.03 Å². The maximum Gasteiger partial charge on any atom is 0.283 e. The molecule has 0 aliphatic carbocycles. The van der Waals surface area contributed by atoms with Crippen molar-refractivity contribution in [1.82, 2.24) is 18.6 Å². The highest BCUT2D eigenvalue weighted by atomic mass is 32.2. The summed E-state index contributed by atoms with van der Waals surface area (Å²) in [5.41, 5.74) is 0. The highest BCUT2D eigenvalue weighted by molar-refractivity contribution is 7.90. The minimum absolute atomic E-state index is 0.0173. The Hall–Kier alpha value is -1.46. The van der Waals surface area contributed by atoms with E-state index in [0.29, 0.717) is 18.7 Å². The van der Waals surface area contributed by atoms with Crippen LogP contribution in [0.5, 0.6) is 0 Å². The van der Waals surface area contributed by atoms with Crippen LogP contribution in [-0.2, 0) is 31.9 Å². The molecule has 1 unspecified atom stereocenters. The first-order valence-electron chi connectivity index (χ1n) is 8.00. The number of nitrogens with one attached hydrogen (secondary N) is 1. The lowest BCUT2D eigenvalue weighted by Crippen LogP contribution is -2.52. The normalized spacial score (nSPS) is 20.0. The van der Waals surface area contributed by atoms with E-state index in [1.165, 1.54) is 6.20 Å². The number of aromatic nitrogens is 2. The van der Waals surface area contributed by atoms with Crippen molar-refractivity contribution in [2.24, 2.45) is 7.05 Å². The zero-order valence-electron chi connectivity index (χ0n) is 14.8. The summed E-state index contributed by atoms with van der Waals surface area (Å²) in [6.07, 6.45) is 3.93. The Morgan fingerprint density at radius 2 is 1.92 bits per heavy atom. The molecule has 142 valence electrons. The van der Waals surface area contributed by atoms with Gasteiger partial charge in [-0.1, -0.05) is 20.3 Å². The minimum Gasteiger partial charge on any atom is -0.336 e. The lowest BCUT2D eigenvalue weighted by atomic mass is 10.0. The number of hydrogen-bond donors (Lipinski definition) is 1. The van der Waals surface area contributed by atoms with Crippen LogP contribution < -0.4 is 4.72 Å². The van der Waals surface area contributed by atoms with Crippen LogP contribution in [0.1, 0.15) is 44.9 Å². The van der Waals surface area contributed by atoms with Crippen LogP contribution in [0.2, 0.25) is 0 Å². The second kappa shape index (κ2) is 7.04. The van der Waals surface area contributed by atoms with Crippen LogP contribution in [0.25, 0.3) is 0 Å². The molecule has 2 rings (SSSR count). The molecule has 0 bridgehead atoms. The highest BCUT2D eigenvalue weighted by Crippen LogP contribution is 2.21. The molecule has 0 spiro atoms. The number of nitrogens with zero attached hydrogens (tertiary/aromatic N) is 3. The van der Waals surface area contributed by atoms with E-state index < -0.39 is 32.0 Å². The van der Waals surface area contributed by atoms with Crippen LogP contribution >= 0.6 is 0 Å². The summed E-state index contributed by atoms with van der Waals surface area (Å²) in [6, 6.07) is -1.02. The standard InChI is InChI=1S/C14H24N4O5S2/c1-10(2)13-15-12(9-17(13)3)25(22,23)16-14(19)11-7-5-6-8-18(11)24(4,20)21/h9-11H,5-8H2,1-4H3,(H,16,19). The smallest absolute Gasteiger partial charge is 0.283 e. The predicted molar refractivity (Wildman–Crippen MR) is 91.8 cm³/mol. The predicted octanol–water partition coefficient (Wildman–Crippen LogP) is 0.163. The first-order valence-corrected chi connectivity index (χ1v) is 11.3. The number of carbonyl (C=O) groups excluding carboxylic acids is 1. The summed E-state index contributed by atoms with van der Waals surface area (Å²) in [5, 5.41) is -0.256. The number of carbonyl (C=O) groups is 1. The van der Waals surface area contributed by atoms with E-state index in [1.54, 1.807) is 11.6 Å². The van der Waals surface area contributed by atoms with Gasteiger partial charge in [-0.2, -0.15) is 12.7 Å². The number of rotatable bonds is 5. The fourth-order valence-electron chi connectivity index (χ4n) is 2.93. The maximum atomic E-state index is 12.5. The molecule has 1 saturated heterocycles. The highest BCUT2D eigenvalue weighted by Gasteiger charge is 2.36. The first kappa shape index (κ1) is 19.9. The van der Waals surface area contributed by atoms with Gasteiger partial charge in [0.25, 0.3) is 15.9 Å². The van der Waals surface area contributed by atoms with Crippen molar-refractivity contribution in [1.29, 1.82) is 0 Å². The van der Waals surface area contributed by atoms with Crippen LogP contribution in [0.15, 0.2) is 11.2 Å². The molecule has 2 heterocycles. The Bertz CT molecular complexity index is 858. The Labute approximate surface area is 148 Å². The van der Waals surface area contributed by atoms with Gasteiger partial charge >= 0.3 is 0 Å². The number of aryl methyl sites for hydroxylation is 1. The van der Waals surface area contributed by atoms with Gasteiger partial charge in [-0.25, -0.2) is 18.1 Å². The van der Waals surface area contributed by atoms with Crippen molar-refractivity contribution < 1.29 is 21.6 Å². The fraction of sp³-hybridized carbons (Fsp3) is 0.714. The summed E-state index contributed by atoms with van der Waals surface area (Å²) in [6.45, 7) is 3.96. The zero-order chi connectivity index (χ0) is 19.0. The van der Waals surface area contributed by atoms with Crippen molar-refractivity contribution in [3.8, 4) is 0 Å². The van der Waals surface area contributed by atoms with E-state index in [0.717, 1.165) is 10.6 Å². The Kier molecular flexibility index (Phi) is 5.59. The molecule has 1 N–H and O–H groups in total. The number of sulfonamides is 2. The van der Waals surface area contributed by atoms with E-state index in [-0.39, 0.29) is 23.9 Å². The Balaban J connectivity index is 2.25. The molecule has 1 fully saturated rings. The first-order chi connectivity index (χ1) is 11.4. The molecular weight excluding hydrogens is 368 g/mol. The van der Waals surface area contributed by atoms with E-state index in [1.807, 2.05) is 18.6 Å². The number of imidazole rings is 1. The van der Waals surface area contributed by atoms with E-state index in [2.05, 4.69) is 4.98 Å². The van der Waals surface area contributed by atoms with Gasteiger partial charge in [0.05, 0.1) is 6.26 Å². The van der Waals surface area contributed by atoms with Crippen molar-refractivity contribution in [3.05, 3.63) is 12.0 Å². The van der Waals surface area contributed by atoms with Crippen LogP contribution in [-0.4, -0.2) is 55.4 Å². The van der Waals surface area contributed by atoms with E-state index >= 15 is 0 Å². The topological polar surface area (TPSA) is 118 Å². The van der Waals surface area contributed by atoms with Crippen molar-refractivity contribution >= 4 is 26.0 Å². The largest absolute Gasteiger partial charge is 0.336 e. The lowest BCUT2D eigenvalue weighted by molar-refractivity contribution is -0.123. The molecular formula is C14H24N4O5S2. The van der Waals surface area contributed by atoms with Gasteiger partial charge in [0, 0.05) is 25.7 Å². The minimum atomic E-state index is -4.17. The van der Waals surface area contributed by atoms with E-state index in [4.69, 9.17) is 0 Å². The average molecular weight is 393 g/mol. The number of piperidine rings is 1. The summed E-state index contributed by atoms with van der Waals surface area (Å²) >= 11 is 0. The van der Waals surface area contributed by atoms with Gasteiger partial charge in [-0.15, -0.1) is 0 Å². The summed E-state index contributed by atoms with van der Waals surface area (Å²) in [7, 11) is -6.09. The molecule has 1 aliphatic rings. The molecule has 1 atom stereocenters. The molecule has 1 aromatic heterocycles. The van der Waals surface area contributed by atoms with Crippen LogP contribution in [0.4, 0.5) is 0 Å². The summed E-state index contributed by atoms with van der Waals surface area (Å²) < 4.78 is 53.2. The van der Waals surface area contributed by atoms with Gasteiger partial charge < -0.3 is 4.57 Å². The third-order valence-corrected chi connectivity index (χ3v) is 6.61. The van der Waals surface area contributed by atoms with Gasteiger partial charge in [-0.3, -0.25) is 4.79 Å². The third-order valence-electron chi connectivity index (χ3n) is 4.10. The monoisotopic (exact) mass is 392 g/mol. The van der Waals surface area contributed by atoms with Crippen molar-refractivity contribution in [2.75, 3.05) is 12.8 Å². The molecule has 9 nitrogen and oxygen atoms in total. The van der Waals surface area contributed by atoms with Gasteiger partial charge in [0.2, 0.25) is 10.0 Å².